The maximum Gasteiger partial charge on any atom is 0.230 e. The minimum Gasteiger partial charge on any atom is -0.353 e. The molecule has 0 saturated heterocycles. The van der Waals surface area contributed by atoms with Crippen molar-refractivity contribution in [1.29, 1.82) is 0 Å². The average Bonchev–Trinajstić information content (AvgIpc) is 2.44. The average molecular weight is 308 g/mol. The number of nitrogens with one attached hydrogen (secondary N) is 2. The number of hydrogen-bond donors (Lipinski definition) is 2. The van der Waals surface area contributed by atoms with E-state index in [1.54, 1.807) is 11.8 Å². The highest BCUT2D eigenvalue weighted by Crippen LogP contribution is 2.18. The van der Waals surface area contributed by atoms with Crippen molar-refractivity contribution in [3.63, 3.8) is 0 Å². The fraction of sp³-hybridized carbons (Fsp3) is 0.588. The van der Waals surface area contributed by atoms with Crippen LogP contribution in [0.4, 0.5) is 0 Å². The fourth-order valence-corrected chi connectivity index (χ4v) is 2.71. The Hall–Kier alpha value is -1.00. The van der Waals surface area contributed by atoms with Crippen molar-refractivity contribution in [3.8, 4) is 0 Å². The molecule has 0 heterocycles. The molecule has 1 atom stereocenters. The second kappa shape index (κ2) is 9.85. The van der Waals surface area contributed by atoms with Gasteiger partial charge in [-0.25, -0.2) is 0 Å². The van der Waals surface area contributed by atoms with E-state index in [2.05, 4.69) is 62.6 Å². The largest absolute Gasteiger partial charge is 0.353 e. The molecule has 1 unspecified atom stereocenters. The quantitative estimate of drug-likeness (QED) is 0.685. The van der Waals surface area contributed by atoms with Gasteiger partial charge in [0.2, 0.25) is 5.91 Å². The molecule has 1 rings (SSSR count). The molecule has 21 heavy (non-hydrogen) atoms. The fourth-order valence-electron chi connectivity index (χ4n) is 2.00. The molecular weight excluding hydrogens is 280 g/mol. The van der Waals surface area contributed by atoms with E-state index in [0.29, 0.717) is 11.8 Å². The van der Waals surface area contributed by atoms with Crippen LogP contribution in [0.2, 0.25) is 0 Å². The van der Waals surface area contributed by atoms with E-state index >= 15 is 0 Å². The molecule has 0 aliphatic carbocycles. The van der Waals surface area contributed by atoms with E-state index in [1.165, 1.54) is 5.56 Å². The summed E-state index contributed by atoms with van der Waals surface area (Å²) in [5, 5.41) is 6.42. The van der Waals surface area contributed by atoms with E-state index in [-0.39, 0.29) is 11.9 Å². The predicted octanol–water partition coefficient (Wildman–Crippen LogP) is 3.58. The van der Waals surface area contributed by atoms with Crippen molar-refractivity contribution in [2.75, 3.05) is 5.75 Å². The van der Waals surface area contributed by atoms with E-state index in [4.69, 9.17) is 0 Å². The number of carbonyl (C=O) groups is 1. The normalized spacial score (nSPS) is 12.4. The summed E-state index contributed by atoms with van der Waals surface area (Å²) in [6.45, 7) is 9.36. The minimum absolute atomic E-state index is 0.117. The van der Waals surface area contributed by atoms with Crippen molar-refractivity contribution in [2.24, 2.45) is 0 Å². The molecule has 0 aliphatic heterocycles. The van der Waals surface area contributed by atoms with Crippen LogP contribution in [0.1, 0.15) is 46.1 Å². The molecular formula is C17H28N2OS. The second-order valence-corrected chi connectivity index (χ2v) is 6.77. The zero-order valence-electron chi connectivity index (χ0n) is 13.6. The monoisotopic (exact) mass is 308 g/mol. The van der Waals surface area contributed by atoms with Crippen LogP contribution < -0.4 is 10.6 Å². The van der Waals surface area contributed by atoms with Crippen LogP contribution in [-0.4, -0.2) is 23.7 Å². The Balaban J connectivity index is 2.33. The summed E-state index contributed by atoms with van der Waals surface area (Å²) >= 11 is 1.59. The maximum absolute atomic E-state index is 11.8. The summed E-state index contributed by atoms with van der Waals surface area (Å²) in [4.78, 5) is 12.9. The third-order valence-electron chi connectivity index (χ3n) is 3.14. The minimum atomic E-state index is 0.117. The summed E-state index contributed by atoms with van der Waals surface area (Å²) in [6, 6.07) is 9.18. The van der Waals surface area contributed by atoms with Gasteiger partial charge in [-0.15, -0.1) is 11.8 Å². The zero-order valence-corrected chi connectivity index (χ0v) is 14.4. The van der Waals surface area contributed by atoms with Gasteiger partial charge in [-0.05, 0) is 31.0 Å². The lowest BCUT2D eigenvalue weighted by Crippen LogP contribution is -2.33. The van der Waals surface area contributed by atoms with Crippen LogP contribution >= 0.6 is 11.8 Å². The lowest BCUT2D eigenvalue weighted by atomic mass is 10.2. The first-order valence-electron chi connectivity index (χ1n) is 7.75. The van der Waals surface area contributed by atoms with Gasteiger partial charge in [0.05, 0.1) is 5.75 Å². The molecule has 1 aromatic carbocycles. The summed E-state index contributed by atoms with van der Waals surface area (Å²) in [7, 11) is 0. The zero-order chi connectivity index (χ0) is 15.7. The molecule has 0 fully saturated rings. The molecule has 1 amide bonds. The first kappa shape index (κ1) is 18.1. The molecule has 0 radical (unpaired) electrons. The highest BCUT2D eigenvalue weighted by molar-refractivity contribution is 8.00. The Bertz CT molecular complexity index is 417. The van der Waals surface area contributed by atoms with Crippen LogP contribution in [0.5, 0.6) is 0 Å². The summed E-state index contributed by atoms with van der Waals surface area (Å²) in [6.07, 6.45) is 2.13. The van der Waals surface area contributed by atoms with Gasteiger partial charge in [0, 0.05) is 23.5 Å². The van der Waals surface area contributed by atoms with Gasteiger partial charge in [0.15, 0.2) is 0 Å². The number of hydrogen-bond acceptors (Lipinski definition) is 3. The second-order valence-electron chi connectivity index (χ2n) is 5.73. The van der Waals surface area contributed by atoms with Crippen LogP contribution in [0.3, 0.4) is 0 Å². The van der Waals surface area contributed by atoms with E-state index < -0.39 is 0 Å². The van der Waals surface area contributed by atoms with Crippen LogP contribution in [0, 0.1) is 0 Å². The molecule has 3 nitrogen and oxygen atoms in total. The predicted molar refractivity (Wildman–Crippen MR) is 91.7 cm³/mol. The van der Waals surface area contributed by atoms with Gasteiger partial charge >= 0.3 is 0 Å². The Morgan fingerprint density at radius 1 is 1.19 bits per heavy atom. The molecule has 0 bridgehead atoms. The van der Waals surface area contributed by atoms with E-state index in [0.717, 1.165) is 24.3 Å². The molecule has 1 aromatic rings. The summed E-state index contributed by atoms with van der Waals surface area (Å²) in [5.41, 5.74) is 1.27. The van der Waals surface area contributed by atoms with E-state index in [9.17, 15) is 4.79 Å². The highest BCUT2D eigenvalue weighted by atomic mass is 32.2. The highest BCUT2D eigenvalue weighted by Gasteiger charge is 2.07. The Morgan fingerprint density at radius 3 is 2.43 bits per heavy atom. The topological polar surface area (TPSA) is 41.1 Å². The van der Waals surface area contributed by atoms with Crippen molar-refractivity contribution in [3.05, 3.63) is 29.8 Å². The molecule has 118 valence electrons. The van der Waals surface area contributed by atoms with Gasteiger partial charge < -0.3 is 10.6 Å². The van der Waals surface area contributed by atoms with Crippen molar-refractivity contribution in [1.82, 2.24) is 10.6 Å². The first-order chi connectivity index (χ1) is 10.0. The number of rotatable bonds is 9. The van der Waals surface area contributed by atoms with Crippen LogP contribution in [0.25, 0.3) is 0 Å². The third kappa shape index (κ3) is 8.12. The van der Waals surface area contributed by atoms with Crippen LogP contribution in [0.15, 0.2) is 29.2 Å². The lowest BCUT2D eigenvalue weighted by molar-refractivity contribution is -0.119. The lowest BCUT2D eigenvalue weighted by Gasteiger charge is -2.12. The van der Waals surface area contributed by atoms with Gasteiger partial charge in [-0.2, -0.15) is 0 Å². The Morgan fingerprint density at radius 2 is 1.86 bits per heavy atom. The van der Waals surface area contributed by atoms with Gasteiger partial charge in [0.25, 0.3) is 0 Å². The Labute approximate surface area is 133 Å². The molecule has 0 spiro atoms. The standard InChI is InChI=1S/C17H28N2OS/c1-5-6-14(4)19-17(20)12-21-16-9-7-15(8-10-16)11-18-13(2)3/h7-10,13-14,18H,5-6,11-12H2,1-4H3,(H,19,20). The molecule has 0 aliphatic rings. The molecule has 2 N–H and O–H groups in total. The summed E-state index contributed by atoms with van der Waals surface area (Å²) in [5.74, 6) is 0.601. The van der Waals surface area contributed by atoms with Crippen molar-refractivity contribution >= 4 is 17.7 Å². The van der Waals surface area contributed by atoms with Gasteiger partial charge in [-0.3, -0.25) is 4.79 Å². The Kier molecular flexibility index (Phi) is 8.47. The number of thioether (sulfide) groups is 1. The number of benzene rings is 1. The number of amides is 1. The third-order valence-corrected chi connectivity index (χ3v) is 4.15. The SMILES string of the molecule is CCCC(C)NC(=O)CSc1ccc(CNC(C)C)cc1. The van der Waals surface area contributed by atoms with Crippen molar-refractivity contribution in [2.45, 2.75) is 64.1 Å². The number of carbonyl (C=O) groups excluding carboxylic acids is 1. The van der Waals surface area contributed by atoms with E-state index in [1.807, 2.05) is 0 Å². The smallest absolute Gasteiger partial charge is 0.230 e. The summed E-state index contributed by atoms with van der Waals surface area (Å²) < 4.78 is 0. The first-order valence-corrected chi connectivity index (χ1v) is 8.74. The van der Waals surface area contributed by atoms with Gasteiger partial charge in [0.1, 0.15) is 0 Å². The van der Waals surface area contributed by atoms with Crippen LogP contribution in [-0.2, 0) is 11.3 Å². The maximum atomic E-state index is 11.8. The molecule has 0 saturated carbocycles. The molecule has 4 heteroatoms. The molecule has 0 aromatic heterocycles. The van der Waals surface area contributed by atoms with Gasteiger partial charge in [-0.1, -0.05) is 39.3 Å². The van der Waals surface area contributed by atoms with Crippen molar-refractivity contribution < 1.29 is 4.79 Å².